The number of hydrogen-bond acceptors (Lipinski definition) is 5. The molecule has 5 nitrogen and oxygen atoms in total. The van der Waals surface area contributed by atoms with Gasteiger partial charge >= 0.3 is 0 Å². The molecule has 0 atom stereocenters. The Kier molecular flexibility index (Phi) is 9.53. The molecule has 0 fully saturated rings. The molecule has 0 amide bonds. The third-order valence-corrected chi connectivity index (χ3v) is 3.09. The summed E-state index contributed by atoms with van der Waals surface area (Å²) in [4.78, 5) is 0. The summed E-state index contributed by atoms with van der Waals surface area (Å²) in [7, 11) is 3.13. The molecule has 0 heterocycles. The molecule has 122 valence electrons. The largest absolute Gasteiger partial charge is 0.495 e. The predicted octanol–water partition coefficient (Wildman–Crippen LogP) is 3.99. The van der Waals surface area contributed by atoms with Gasteiger partial charge in [-0.05, 0) is 36.4 Å². The zero-order chi connectivity index (χ0) is 15.8. The number of hydrogen-bond donors (Lipinski definition) is 3. The first-order valence-electron chi connectivity index (χ1n) is 5.91. The summed E-state index contributed by atoms with van der Waals surface area (Å²) in [5.41, 5.74) is 9.33. The Morgan fingerprint density at radius 2 is 1.41 bits per heavy atom. The van der Waals surface area contributed by atoms with Gasteiger partial charge in [0.2, 0.25) is 0 Å². The van der Waals surface area contributed by atoms with E-state index in [0.717, 1.165) is 5.69 Å². The zero-order valence-electron chi connectivity index (χ0n) is 12.1. The molecule has 0 saturated heterocycles. The summed E-state index contributed by atoms with van der Waals surface area (Å²) in [5.74, 6) is 6.45. The Morgan fingerprint density at radius 3 is 1.82 bits per heavy atom. The van der Waals surface area contributed by atoms with Crippen molar-refractivity contribution < 1.29 is 9.47 Å². The van der Waals surface area contributed by atoms with E-state index in [2.05, 4.69) is 5.43 Å². The fourth-order valence-corrected chi connectivity index (χ4v) is 1.96. The van der Waals surface area contributed by atoms with Gasteiger partial charge in [0.25, 0.3) is 0 Å². The first kappa shape index (κ1) is 20.5. The van der Waals surface area contributed by atoms with Crippen molar-refractivity contribution in [2.75, 3.05) is 25.4 Å². The van der Waals surface area contributed by atoms with Gasteiger partial charge < -0.3 is 20.6 Å². The van der Waals surface area contributed by atoms with Crippen LogP contribution in [0.4, 0.5) is 11.4 Å². The lowest BCUT2D eigenvalue weighted by molar-refractivity contribution is 0.415. The number of ether oxygens (including phenoxy) is 2. The quantitative estimate of drug-likeness (QED) is 0.435. The van der Waals surface area contributed by atoms with Crippen LogP contribution in [0.1, 0.15) is 0 Å². The van der Waals surface area contributed by atoms with E-state index in [0.29, 0.717) is 27.2 Å². The second-order valence-electron chi connectivity index (χ2n) is 3.89. The molecule has 5 N–H and O–H groups in total. The van der Waals surface area contributed by atoms with Crippen molar-refractivity contribution in [1.82, 2.24) is 0 Å². The SMILES string of the molecule is COc1ccc(N)cc1Cl.COc1ccc(NN)cc1Cl.Cl. The van der Waals surface area contributed by atoms with Gasteiger partial charge in [-0.25, -0.2) is 0 Å². The smallest absolute Gasteiger partial charge is 0.137 e. The summed E-state index contributed by atoms with van der Waals surface area (Å²) in [6.07, 6.45) is 0. The number of nitrogen functional groups attached to an aromatic ring is 2. The lowest BCUT2D eigenvalue weighted by Gasteiger charge is -2.04. The maximum absolute atomic E-state index is 5.79. The van der Waals surface area contributed by atoms with Crippen LogP contribution in [0.5, 0.6) is 11.5 Å². The zero-order valence-corrected chi connectivity index (χ0v) is 14.4. The molecule has 2 aromatic rings. The maximum atomic E-state index is 5.79. The molecule has 0 radical (unpaired) electrons. The van der Waals surface area contributed by atoms with Gasteiger partial charge in [-0.3, -0.25) is 5.84 Å². The van der Waals surface area contributed by atoms with Gasteiger partial charge in [0, 0.05) is 5.69 Å². The summed E-state index contributed by atoms with van der Waals surface area (Å²) in [6.45, 7) is 0. The minimum Gasteiger partial charge on any atom is -0.495 e. The molecule has 0 aliphatic heterocycles. The van der Waals surface area contributed by atoms with Crippen molar-refractivity contribution in [2.45, 2.75) is 0 Å². The Labute approximate surface area is 145 Å². The predicted molar refractivity (Wildman–Crippen MR) is 95.5 cm³/mol. The molecule has 0 aliphatic rings. The lowest BCUT2D eigenvalue weighted by Crippen LogP contribution is -2.06. The molecule has 0 unspecified atom stereocenters. The Bertz CT molecular complexity index is 598. The molecular formula is C14H18Cl3N3O2. The molecular weight excluding hydrogens is 349 g/mol. The van der Waals surface area contributed by atoms with Gasteiger partial charge in [-0.2, -0.15) is 0 Å². The minimum absolute atomic E-state index is 0. The fraction of sp³-hybridized carbons (Fsp3) is 0.143. The van der Waals surface area contributed by atoms with Crippen LogP contribution >= 0.6 is 35.6 Å². The van der Waals surface area contributed by atoms with Crippen LogP contribution in [-0.4, -0.2) is 14.2 Å². The third kappa shape index (κ3) is 6.07. The van der Waals surface area contributed by atoms with Crippen molar-refractivity contribution in [3.63, 3.8) is 0 Å². The summed E-state index contributed by atoms with van der Waals surface area (Å²) in [5, 5.41) is 1.09. The lowest BCUT2D eigenvalue weighted by atomic mass is 10.3. The van der Waals surface area contributed by atoms with E-state index in [-0.39, 0.29) is 12.4 Å². The number of methoxy groups -OCH3 is 2. The molecule has 0 bridgehead atoms. The van der Waals surface area contributed by atoms with Crippen LogP contribution in [0.25, 0.3) is 0 Å². The second kappa shape index (κ2) is 10.2. The average Bonchev–Trinajstić information content (AvgIpc) is 2.48. The van der Waals surface area contributed by atoms with E-state index in [1.54, 1.807) is 50.6 Å². The van der Waals surface area contributed by atoms with Gasteiger partial charge in [0.05, 0.1) is 30.0 Å². The Morgan fingerprint density at radius 1 is 0.909 bits per heavy atom. The van der Waals surface area contributed by atoms with E-state index < -0.39 is 0 Å². The van der Waals surface area contributed by atoms with Crippen LogP contribution in [0.2, 0.25) is 10.0 Å². The maximum Gasteiger partial charge on any atom is 0.137 e. The van der Waals surface area contributed by atoms with Crippen molar-refractivity contribution in [3.8, 4) is 11.5 Å². The molecule has 0 saturated carbocycles. The average molecular weight is 367 g/mol. The van der Waals surface area contributed by atoms with E-state index in [9.17, 15) is 0 Å². The van der Waals surface area contributed by atoms with Crippen LogP contribution in [0, 0.1) is 0 Å². The van der Waals surface area contributed by atoms with E-state index in [1.807, 2.05) is 0 Å². The topological polar surface area (TPSA) is 82.5 Å². The fourth-order valence-electron chi connectivity index (χ4n) is 1.44. The molecule has 2 aromatic carbocycles. The normalized spacial score (nSPS) is 8.95. The molecule has 0 spiro atoms. The Hall–Kier alpha value is -1.53. The first-order valence-corrected chi connectivity index (χ1v) is 6.66. The molecule has 0 aliphatic carbocycles. The van der Waals surface area contributed by atoms with Gasteiger partial charge in [-0.1, -0.05) is 23.2 Å². The molecule has 0 aromatic heterocycles. The van der Waals surface area contributed by atoms with E-state index in [1.165, 1.54) is 0 Å². The van der Waals surface area contributed by atoms with Gasteiger partial charge in [-0.15, -0.1) is 12.4 Å². The van der Waals surface area contributed by atoms with Crippen LogP contribution < -0.4 is 26.5 Å². The monoisotopic (exact) mass is 365 g/mol. The second-order valence-corrected chi connectivity index (χ2v) is 4.70. The third-order valence-electron chi connectivity index (χ3n) is 2.49. The number of halogens is 3. The van der Waals surface area contributed by atoms with Crippen LogP contribution in [-0.2, 0) is 0 Å². The first-order chi connectivity index (χ1) is 10.0. The highest BCUT2D eigenvalue weighted by Gasteiger charge is 1.99. The number of benzene rings is 2. The molecule has 22 heavy (non-hydrogen) atoms. The minimum atomic E-state index is 0. The van der Waals surface area contributed by atoms with Crippen LogP contribution in [0.15, 0.2) is 36.4 Å². The van der Waals surface area contributed by atoms with Crippen molar-refractivity contribution in [2.24, 2.45) is 5.84 Å². The summed E-state index contributed by atoms with van der Waals surface area (Å²) in [6, 6.07) is 10.4. The highest BCUT2D eigenvalue weighted by molar-refractivity contribution is 6.32. The number of anilines is 2. The van der Waals surface area contributed by atoms with E-state index in [4.69, 9.17) is 44.3 Å². The van der Waals surface area contributed by atoms with Gasteiger partial charge in [0.1, 0.15) is 11.5 Å². The Balaban J connectivity index is 0.000000385. The summed E-state index contributed by atoms with van der Waals surface area (Å²) < 4.78 is 9.86. The highest BCUT2D eigenvalue weighted by Crippen LogP contribution is 2.26. The number of hydrazine groups is 1. The summed E-state index contributed by atoms with van der Waals surface area (Å²) >= 11 is 11.5. The van der Waals surface area contributed by atoms with Crippen molar-refractivity contribution >= 4 is 47.0 Å². The van der Waals surface area contributed by atoms with Crippen molar-refractivity contribution in [3.05, 3.63) is 46.4 Å². The van der Waals surface area contributed by atoms with Crippen LogP contribution in [0.3, 0.4) is 0 Å². The van der Waals surface area contributed by atoms with E-state index >= 15 is 0 Å². The number of nitrogens with one attached hydrogen (secondary N) is 1. The standard InChI is InChI=1S/C7H9ClN2O.C7H8ClNO.ClH/c1-11-7-3-2-5(10-9)4-6(7)8;1-10-7-3-2-5(9)4-6(7)8;/h2-4,10H,9H2,1H3;2-4H,9H2,1H3;1H. The number of nitrogens with two attached hydrogens (primary N) is 2. The van der Waals surface area contributed by atoms with Gasteiger partial charge in [0.15, 0.2) is 0 Å². The molecule has 2 rings (SSSR count). The number of rotatable bonds is 3. The highest BCUT2D eigenvalue weighted by atomic mass is 35.5. The van der Waals surface area contributed by atoms with Crippen molar-refractivity contribution in [1.29, 1.82) is 0 Å². The molecule has 8 heteroatoms.